The molecule has 6 heteroatoms. The Morgan fingerprint density at radius 2 is 1.82 bits per heavy atom. The van der Waals surface area contributed by atoms with Crippen LogP contribution in [-0.4, -0.2) is 42.0 Å². The van der Waals surface area contributed by atoms with Crippen molar-refractivity contribution in [2.24, 2.45) is 5.73 Å². The summed E-state index contributed by atoms with van der Waals surface area (Å²) in [6.07, 6.45) is 10.9. The van der Waals surface area contributed by atoms with Crippen LogP contribution in [0.5, 0.6) is 0 Å². The van der Waals surface area contributed by atoms with Gasteiger partial charge in [0, 0.05) is 31.9 Å². The van der Waals surface area contributed by atoms with Gasteiger partial charge in [0.15, 0.2) is 0 Å². The van der Waals surface area contributed by atoms with Gasteiger partial charge in [-0.2, -0.15) is 0 Å². The quantitative estimate of drug-likeness (QED) is 0.478. The molecule has 1 fully saturated rings. The molecule has 0 unspecified atom stereocenters. The number of nitrogens with zero attached hydrogens (tertiary/aromatic N) is 2. The number of likely N-dealkylation sites (tertiary alicyclic amines) is 1. The summed E-state index contributed by atoms with van der Waals surface area (Å²) < 4.78 is 13.1. The van der Waals surface area contributed by atoms with E-state index in [2.05, 4.69) is 36.4 Å². The molecular formula is C28H35FN4O. The van der Waals surface area contributed by atoms with E-state index in [-0.39, 0.29) is 11.8 Å². The lowest BCUT2D eigenvalue weighted by atomic mass is 10.1. The first-order valence-electron chi connectivity index (χ1n) is 11.8. The lowest BCUT2D eigenvalue weighted by molar-refractivity contribution is 0.213. The molecule has 0 aliphatic carbocycles. The molecule has 0 radical (unpaired) electrons. The molecule has 1 saturated heterocycles. The Bertz CT molecular complexity index is 1060. The van der Waals surface area contributed by atoms with Crippen LogP contribution in [0.2, 0.25) is 0 Å². The summed E-state index contributed by atoms with van der Waals surface area (Å²) in [5.74, 6) is -0.278. The first kappa shape index (κ1) is 25.1. The van der Waals surface area contributed by atoms with E-state index in [1.165, 1.54) is 24.3 Å². The monoisotopic (exact) mass is 462 g/mol. The van der Waals surface area contributed by atoms with Gasteiger partial charge in [-0.1, -0.05) is 50.8 Å². The summed E-state index contributed by atoms with van der Waals surface area (Å²) in [6, 6.07) is 6.00. The Morgan fingerprint density at radius 3 is 2.41 bits per heavy atom. The van der Waals surface area contributed by atoms with Gasteiger partial charge >= 0.3 is 6.03 Å². The maximum atomic E-state index is 13.1. The number of hydrogen-bond donors (Lipinski definition) is 2. The average molecular weight is 463 g/mol. The number of nitrogens with one attached hydrogen (secondary N) is 1. The zero-order valence-electron chi connectivity index (χ0n) is 20.2. The van der Waals surface area contributed by atoms with Crippen LogP contribution in [0.3, 0.4) is 0 Å². The summed E-state index contributed by atoms with van der Waals surface area (Å²) in [7, 11) is 0. The lowest BCUT2D eigenvalue weighted by Crippen LogP contribution is -2.39. The highest BCUT2D eigenvalue weighted by Gasteiger charge is 2.25. The molecule has 0 bridgehead atoms. The lowest BCUT2D eigenvalue weighted by Gasteiger charge is -2.35. The van der Waals surface area contributed by atoms with Crippen molar-refractivity contribution in [2.75, 3.05) is 26.2 Å². The van der Waals surface area contributed by atoms with Crippen LogP contribution in [0.4, 0.5) is 9.18 Å². The van der Waals surface area contributed by atoms with Gasteiger partial charge < -0.3 is 20.9 Å². The van der Waals surface area contributed by atoms with E-state index in [0.29, 0.717) is 24.5 Å². The zero-order chi connectivity index (χ0) is 24.7. The van der Waals surface area contributed by atoms with Gasteiger partial charge in [0.25, 0.3) is 0 Å². The number of amides is 2. The van der Waals surface area contributed by atoms with Crippen molar-refractivity contribution < 1.29 is 9.18 Å². The minimum absolute atomic E-state index is 0.246. The van der Waals surface area contributed by atoms with Crippen LogP contribution in [0.15, 0.2) is 90.0 Å². The highest BCUT2D eigenvalue weighted by atomic mass is 19.1. The van der Waals surface area contributed by atoms with Crippen LogP contribution >= 0.6 is 0 Å². The fourth-order valence-corrected chi connectivity index (χ4v) is 3.93. The number of benzene rings is 1. The predicted octanol–water partition coefficient (Wildman–Crippen LogP) is 5.48. The van der Waals surface area contributed by atoms with Crippen molar-refractivity contribution in [2.45, 2.75) is 33.1 Å². The summed E-state index contributed by atoms with van der Waals surface area (Å²) >= 11 is 0. The van der Waals surface area contributed by atoms with E-state index in [9.17, 15) is 9.18 Å². The van der Waals surface area contributed by atoms with Gasteiger partial charge in [-0.05, 0) is 66.3 Å². The minimum Gasteiger partial charge on any atom is -0.397 e. The van der Waals surface area contributed by atoms with E-state index in [4.69, 9.17) is 5.73 Å². The topological polar surface area (TPSA) is 61.6 Å². The molecule has 0 atom stereocenters. The third kappa shape index (κ3) is 6.28. The second-order valence-corrected chi connectivity index (χ2v) is 8.72. The molecule has 5 nitrogen and oxygen atoms in total. The minimum atomic E-state index is -0.278. The predicted molar refractivity (Wildman–Crippen MR) is 138 cm³/mol. The van der Waals surface area contributed by atoms with Gasteiger partial charge in [0.1, 0.15) is 5.82 Å². The smallest absolute Gasteiger partial charge is 0.322 e. The second kappa shape index (κ2) is 11.5. The third-order valence-electron chi connectivity index (χ3n) is 6.20. The number of nitrogens with two attached hydrogens (primary N) is 1. The Labute approximate surface area is 202 Å². The highest BCUT2D eigenvalue weighted by molar-refractivity contribution is 5.79. The van der Waals surface area contributed by atoms with Crippen molar-refractivity contribution in [1.82, 2.24) is 15.1 Å². The van der Waals surface area contributed by atoms with Crippen molar-refractivity contribution in [3.05, 3.63) is 101 Å². The van der Waals surface area contributed by atoms with Crippen molar-refractivity contribution >= 4 is 11.6 Å². The highest BCUT2D eigenvalue weighted by Crippen LogP contribution is 2.26. The number of urea groups is 1. The van der Waals surface area contributed by atoms with Crippen molar-refractivity contribution in [3.8, 4) is 0 Å². The van der Waals surface area contributed by atoms with Crippen LogP contribution in [0.25, 0.3) is 5.57 Å². The molecule has 3 rings (SSSR count). The van der Waals surface area contributed by atoms with E-state index < -0.39 is 0 Å². The molecule has 34 heavy (non-hydrogen) atoms. The van der Waals surface area contributed by atoms with Crippen molar-refractivity contribution in [3.63, 3.8) is 0 Å². The van der Waals surface area contributed by atoms with E-state index in [1.54, 1.807) is 23.1 Å². The van der Waals surface area contributed by atoms with Gasteiger partial charge in [0.2, 0.25) is 0 Å². The number of carbonyl (C=O) groups excluding carboxylic acids is 1. The van der Waals surface area contributed by atoms with Gasteiger partial charge in [0.05, 0.1) is 11.4 Å². The Balaban J connectivity index is 1.62. The largest absolute Gasteiger partial charge is 0.397 e. The molecule has 3 N–H and O–H groups in total. The van der Waals surface area contributed by atoms with Crippen molar-refractivity contribution in [1.29, 1.82) is 0 Å². The van der Waals surface area contributed by atoms with Gasteiger partial charge in [-0.3, -0.25) is 0 Å². The fourth-order valence-electron chi connectivity index (χ4n) is 3.93. The molecular weight excluding hydrogens is 427 g/mol. The molecule has 1 aromatic carbocycles. The second-order valence-electron chi connectivity index (χ2n) is 8.72. The Hall–Kier alpha value is -3.54. The Morgan fingerprint density at radius 1 is 1.15 bits per heavy atom. The molecule has 1 aromatic rings. The van der Waals surface area contributed by atoms with Gasteiger partial charge in [-0.15, -0.1) is 0 Å². The molecule has 180 valence electrons. The van der Waals surface area contributed by atoms with Crippen LogP contribution < -0.4 is 11.1 Å². The summed E-state index contributed by atoms with van der Waals surface area (Å²) in [5, 5.41) is 2.81. The van der Waals surface area contributed by atoms with Crippen LogP contribution in [-0.2, 0) is 0 Å². The molecule has 2 aliphatic heterocycles. The van der Waals surface area contributed by atoms with Crippen LogP contribution in [0, 0.1) is 5.82 Å². The average Bonchev–Trinajstić information content (AvgIpc) is 3.19. The summed E-state index contributed by atoms with van der Waals surface area (Å²) in [5.41, 5.74) is 12.2. The normalized spacial score (nSPS) is 17.1. The molecule has 2 heterocycles. The maximum absolute atomic E-state index is 13.1. The van der Waals surface area contributed by atoms with Crippen LogP contribution in [0.1, 0.15) is 38.7 Å². The molecule has 2 aliphatic rings. The number of carbonyl (C=O) groups is 1. The zero-order valence-corrected chi connectivity index (χ0v) is 20.2. The number of halogens is 1. The Kier molecular flexibility index (Phi) is 8.52. The number of allylic oxidation sites excluding steroid dienone is 4. The summed E-state index contributed by atoms with van der Waals surface area (Å²) in [4.78, 5) is 17.0. The number of rotatable bonds is 9. The molecule has 2 amide bonds. The first-order valence-corrected chi connectivity index (χ1v) is 11.8. The number of hydrogen-bond acceptors (Lipinski definition) is 3. The SMILES string of the molecule is C=CC1=C(/C=C(\CCC)N2CCC2)CN(C(=O)NC(=C)/C(N)=C\C=C(/C)c2ccc(F)cc2)C1. The molecule has 0 spiro atoms. The molecule has 0 aromatic heterocycles. The maximum Gasteiger partial charge on any atom is 0.322 e. The van der Waals surface area contributed by atoms with E-state index in [0.717, 1.165) is 48.2 Å². The fraction of sp³-hybridized carbons (Fsp3) is 0.321. The first-order chi connectivity index (χ1) is 16.3. The standard InChI is InChI=1S/C28H35FN4O/c1-5-8-26(32-15-7-16-32)17-24-19-33(18-22(24)6-2)28(34)31-21(4)27(30)14-9-20(3)23-10-12-25(29)13-11-23/h6,9-14,17H,2,4-5,7-8,15-16,18-19,30H2,1,3H3,(H,31,34)/b20-9+,26-17+,27-14+. The summed E-state index contributed by atoms with van der Waals surface area (Å²) in [6.45, 7) is 15.2. The third-order valence-corrected chi connectivity index (χ3v) is 6.20. The molecule has 0 saturated carbocycles. The van der Waals surface area contributed by atoms with Gasteiger partial charge in [-0.25, -0.2) is 9.18 Å². The van der Waals surface area contributed by atoms with E-state index in [1.807, 2.05) is 19.1 Å². The van der Waals surface area contributed by atoms with E-state index >= 15 is 0 Å².